The number of likely N-dealkylation sites (N-methyl/N-ethyl adjacent to an activating group) is 1. The van der Waals surface area contributed by atoms with E-state index in [4.69, 9.17) is 9.47 Å². The van der Waals surface area contributed by atoms with Crippen molar-refractivity contribution in [3.8, 4) is 11.5 Å². The Kier molecular flexibility index (Phi) is 12.1. The van der Waals surface area contributed by atoms with Crippen molar-refractivity contribution >= 4 is 40.7 Å². The average Bonchev–Trinajstić information content (AvgIpc) is 3.15. The van der Waals surface area contributed by atoms with Crippen LogP contribution < -0.4 is 14.8 Å². The summed E-state index contributed by atoms with van der Waals surface area (Å²) in [6.45, 7) is 9.06. The Hall–Kier alpha value is -0.980. The normalized spacial score (nSPS) is 15.9. The van der Waals surface area contributed by atoms with Crippen molar-refractivity contribution in [2.24, 2.45) is 0 Å². The van der Waals surface area contributed by atoms with Gasteiger partial charge in [-0.05, 0) is 72.0 Å². The molecule has 0 spiro atoms. The molecule has 30 heavy (non-hydrogen) atoms. The van der Waals surface area contributed by atoms with E-state index in [0.29, 0.717) is 12.6 Å². The lowest BCUT2D eigenvalue weighted by Gasteiger charge is -2.23. The Morgan fingerprint density at radius 3 is 2.53 bits per heavy atom. The standard InChI is InChI=1S/C23H31BrN2O2.2ClH/c1-4-26-11-5-6-20(26)15-25-14-19-12-21(24)23(22(13-19)27-3)28-16-18-9-7-17(2)8-10-18;;/h7-10,12-13,20,25H,4-6,11,14-16H2,1-3H3;2*1H. The number of likely N-dealkylation sites (tertiary alicyclic amines) is 1. The summed E-state index contributed by atoms with van der Waals surface area (Å²) in [4.78, 5) is 2.56. The third-order valence-electron chi connectivity index (χ3n) is 5.41. The van der Waals surface area contributed by atoms with Crippen LogP contribution in [0.3, 0.4) is 0 Å². The predicted octanol–water partition coefficient (Wildman–Crippen LogP) is 5.76. The van der Waals surface area contributed by atoms with Crippen molar-refractivity contribution in [1.82, 2.24) is 10.2 Å². The minimum Gasteiger partial charge on any atom is -0.493 e. The highest BCUT2D eigenvalue weighted by Gasteiger charge is 2.22. The third kappa shape index (κ3) is 7.31. The van der Waals surface area contributed by atoms with E-state index in [2.05, 4.69) is 76.4 Å². The van der Waals surface area contributed by atoms with E-state index in [1.54, 1.807) is 7.11 Å². The smallest absolute Gasteiger partial charge is 0.175 e. The van der Waals surface area contributed by atoms with Crippen LogP contribution in [0.2, 0.25) is 0 Å². The van der Waals surface area contributed by atoms with Gasteiger partial charge in [0.05, 0.1) is 11.6 Å². The van der Waals surface area contributed by atoms with Crippen LogP contribution in [0, 0.1) is 6.92 Å². The van der Waals surface area contributed by atoms with Gasteiger partial charge in [-0.15, -0.1) is 24.8 Å². The molecule has 1 unspecified atom stereocenters. The highest BCUT2D eigenvalue weighted by atomic mass is 79.9. The first-order chi connectivity index (χ1) is 13.6. The van der Waals surface area contributed by atoms with Crippen LogP contribution in [0.1, 0.15) is 36.5 Å². The lowest BCUT2D eigenvalue weighted by atomic mass is 10.1. The van der Waals surface area contributed by atoms with Crippen LogP contribution in [0.25, 0.3) is 0 Å². The molecule has 0 amide bonds. The number of halogens is 3. The van der Waals surface area contributed by atoms with Gasteiger partial charge in [0, 0.05) is 19.1 Å². The molecule has 3 rings (SSSR count). The Morgan fingerprint density at radius 1 is 1.13 bits per heavy atom. The molecule has 0 radical (unpaired) electrons. The first kappa shape index (κ1) is 27.1. The van der Waals surface area contributed by atoms with Crippen molar-refractivity contribution in [3.05, 3.63) is 57.6 Å². The topological polar surface area (TPSA) is 33.7 Å². The number of ether oxygens (including phenoxy) is 2. The van der Waals surface area contributed by atoms with Gasteiger partial charge in [-0.3, -0.25) is 4.90 Å². The number of nitrogens with one attached hydrogen (secondary N) is 1. The summed E-state index contributed by atoms with van der Waals surface area (Å²) in [5.41, 5.74) is 3.58. The summed E-state index contributed by atoms with van der Waals surface area (Å²) in [5, 5.41) is 3.61. The molecule has 1 heterocycles. The largest absolute Gasteiger partial charge is 0.493 e. The second kappa shape index (κ2) is 13.4. The monoisotopic (exact) mass is 518 g/mol. The minimum atomic E-state index is 0. The summed E-state index contributed by atoms with van der Waals surface area (Å²) in [6.07, 6.45) is 2.60. The van der Waals surface area contributed by atoms with Gasteiger partial charge in [-0.25, -0.2) is 0 Å². The molecule has 0 bridgehead atoms. The van der Waals surface area contributed by atoms with Crippen molar-refractivity contribution < 1.29 is 9.47 Å². The summed E-state index contributed by atoms with van der Waals surface area (Å²) < 4.78 is 12.6. The zero-order chi connectivity index (χ0) is 19.9. The molecule has 0 aromatic heterocycles. The zero-order valence-corrected chi connectivity index (χ0v) is 21.2. The minimum absolute atomic E-state index is 0. The molecule has 1 saturated heterocycles. The maximum absolute atomic E-state index is 6.06. The van der Waals surface area contributed by atoms with Crippen LogP contribution in [0.4, 0.5) is 0 Å². The van der Waals surface area contributed by atoms with Crippen LogP contribution >= 0.6 is 40.7 Å². The van der Waals surface area contributed by atoms with Gasteiger partial charge in [0.1, 0.15) is 6.61 Å². The highest BCUT2D eigenvalue weighted by Crippen LogP contribution is 2.37. The fourth-order valence-corrected chi connectivity index (χ4v) is 4.38. The Labute approximate surface area is 201 Å². The molecular weight excluding hydrogens is 487 g/mol. The Bertz CT molecular complexity index is 775. The molecule has 1 fully saturated rings. The van der Waals surface area contributed by atoms with E-state index in [9.17, 15) is 0 Å². The Morgan fingerprint density at radius 2 is 1.87 bits per heavy atom. The second-order valence-corrected chi connectivity index (χ2v) is 8.29. The van der Waals surface area contributed by atoms with Gasteiger partial charge in [-0.2, -0.15) is 0 Å². The number of nitrogens with zero attached hydrogens (tertiary/aromatic N) is 1. The summed E-state index contributed by atoms with van der Waals surface area (Å²) in [6, 6.07) is 13.2. The quantitative estimate of drug-likeness (QED) is 0.456. The van der Waals surface area contributed by atoms with Gasteiger partial charge in [0.2, 0.25) is 0 Å². The van der Waals surface area contributed by atoms with Gasteiger partial charge < -0.3 is 14.8 Å². The molecule has 1 aliphatic rings. The van der Waals surface area contributed by atoms with E-state index < -0.39 is 0 Å². The molecule has 1 aliphatic heterocycles. The molecule has 168 valence electrons. The summed E-state index contributed by atoms with van der Waals surface area (Å²) in [7, 11) is 1.69. The number of hydrogen-bond donors (Lipinski definition) is 1. The zero-order valence-electron chi connectivity index (χ0n) is 17.9. The van der Waals surface area contributed by atoms with Gasteiger partial charge >= 0.3 is 0 Å². The number of benzene rings is 2. The molecule has 2 aromatic carbocycles. The molecule has 1 atom stereocenters. The lowest BCUT2D eigenvalue weighted by molar-refractivity contribution is 0.259. The van der Waals surface area contributed by atoms with Crippen LogP contribution in [0.15, 0.2) is 40.9 Å². The maximum atomic E-state index is 6.06. The molecule has 7 heteroatoms. The SMILES string of the molecule is CCN1CCCC1CNCc1cc(Br)c(OCc2ccc(C)cc2)c(OC)c1.Cl.Cl. The number of hydrogen-bond acceptors (Lipinski definition) is 4. The van der Waals surface area contributed by atoms with E-state index in [0.717, 1.165) is 41.2 Å². The molecule has 0 saturated carbocycles. The second-order valence-electron chi connectivity index (χ2n) is 7.44. The van der Waals surface area contributed by atoms with Crippen LogP contribution in [-0.2, 0) is 13.2 Å². The van der Waals surface area contributed by atoms with Gasteiger partial charge in [0.25, 0.3) is 0 Å². The molecular formula is C23H33BrCl2N2O2. The number of aryl methyl sites for hydroxylation is 1. The predicted molar refractivity (Wildman–Crippen MR) is 133 cm³/mol. The third-order valence-corrected chi connectivity index (χ3v) is 6.00. The van der Waals surface area contributed by atoms with E-state index >= 15 is 0 Å². The van der Waals surface area contributed by atoms with E-state index in [-0.39, 0.29) is 24.8 Å². The van der Waals surface area contributed by atoms with Crippen molar-refractivity contribution in [2.75, 3.05) is 26.7 Å². The summed E-state index contributed by atoms with van der Waals surface area (Å²) in [5.74, 6) is 1.51. The first-order valence-electron chi connectivity index (χ1n) is 10.1. The molecule has 1 N–H and O–H groups in total. The molecule has 0 aliphatic carbocycles. The number of methoxy groups -OCH3 is 1. The lowest BCUT2D eigenvalue weighted by Crippen LogP contribution is -2.37. The van der Waals surface area contributed by atoms with E-state index in [1.807, 2.05) is 0 Å². The van der Waals surface area contributed by atoms with Crippen LogP contribution in [-0.4, -0.2) is 37.7 Å². The highest BCUT2D eigenvalue weighted by molar-refractivity contribution is 9.10. The van der Waals surface area contributed by atoms with Crippen molar-refractivity contribution in [3.63, 3.8) is 0 Å². The fourth-order valence-electron chi connectivity index (χ4n) is 3.78. The number of rotatable bonds is 9. The van der Waals surface area contributed by atoms with Crippen LogP contribution in [0.5, 0.6) is 11.5 Å². The van der Waals surface area contributed by atoms with Crippen molar-refractivity contribution in [2.45, 2.75) is 45.9 Å². The van der Waals surface area contributed by atoms with Crippen molar-refractivity contribution in [1.29, 1.82) is 0 Å². The van der Waals surface area contributed by atoms with E-state index in [1.165, 1.54) is 30.5 Å². The fraction of sp³-hybridized carbons (Fsp3) is 0.478. The average molecular weight is 520 g/mol. The van der Waals surface area contributed by atoms with Gasteiger partial charge in [0.15, 0.2) is 11.5 Å². The first-order valence-corrected chi connectivity index (χ1v) is 10.9. The summed E-state index contributed by atoms with van der Waals surface area (Å²) >= 11 is 3.66. The van der Waals surface area contributed by atoms with Gasteiger partial charge in [-0.1, -0.05) is 36.8 Å². The Balaban J connectivity index is 0.00000225. The maximum Gasteiger partial charge on any atom is 0.175 e. The molecule has 4 nitrogen and oxygen atoms in total. The molecule has 2 aromatic rings.